The molecule has 0 spiro atoms. The zero-order chi connectivity index (χ0) is 20.3. The van der Waals surface area contributed by atoms with Crippen LogP contribution in [0.3, 0.4) is 0 Å². The number of para-hydroxylation sites is 1. The Labute approximate surface area is 180 Å². The summed E-state index contributed by atoms with van der Waals surface area (Å²) in [6.45, 7) is 4.38. The summed E-state index contributed by atoms with van der Waals surface area (Å²) in [5.41, 5.74) is 3.96. The van der Waals surface area contributed by atoms with Crippen molar-refractivity contribution in [2.75, 3.05) is 32.7 Å². The van der Waals surface area contributed by atoms with Gasteiger partial charge in [-0.05, 0) is 24.1 Å². The zero-order valence-corrected chi connectivity index (χ0v) is 17.6. The van der Waals surface area contributed by atoms with Gasteiger partial charge in [-0.1, -0.05) is 48.5 Å². The summed E-state index contributed by atoms with van der Waals surface area (Å²) >= 11 is 1.52. The number of benzene rings is 2. The highest BCUT2D eigenvalue weighted by molar-refractivity contribution is 7.13. The first kappa shape index (κ1) is 19.0. The standard InChI is InChI=1S/C24H24N4OS/c29-24(28-14-12-27(13-15-28)11-10-18-6-2-1-3-7-18)22-17-30-23(26-22)21-16-19-8-4-5-9-20(19)25-21/h1-9,16-17,25H,10-15H2. The Kier molecular flexibility index (Phi) is 5.34. The van der Waals surface area contributed by atoms with Crippen molar-refractivity contribution in [1.82, 2.24) is 19.8 Å². The fourth-order valence-corrected chi connectivity index (χ4v) is 4.72. The molecule has 30 heavy (non-hydrogen) atoms. The van der Waals surface area contributed by atoms with Crippen molar-refractivity contribution in [3.63, 3.8) is 0 Å². The molecule has 0 bridgehead atoms. The summed E-state index contributed by atoms with van der Waals surface area (Å²) in [5, 5.41) is 3.89. The summed E-state index contributed by atoms with van der Waals surface area (Å²) in [4.78, 5) is 25.3. The van der Waals surface area contributed by atoms with Crippen LogP contribution in [0.1, 0.15) is 16.1 Å². The van der Waals surface area contributed by atoms with Crippen molar-refractivity contribution in [3.8, 4) is 10.7 Å². The van der Waals surface area contributed by atoms with E-state index in [2.05, 4.69) is 63.4 Å². The molecule has 5 nitrogen and oxygen atoms in total. The van der Waals surface area contributed by atoms with Crippen LogP contribution in [0.5, 0.6) is 0 Å². The maximum atomic E-state index is 12.9. The van der Waals surface area contributed by atoms with E-state index in [9.17, 15) is 4.79 Å². The number of H-pyrrole nitrogens is 1. The van der Waals surface area contributed by atoms with Crippen LogP contribution in [0.2, 0.25) is 0 Å². The van der Waals surface area contributed by atoms with Gasteiger partial charge in [-0.25, -0.2) is 4.98 Å². The minimum Gasteiger partial charge on any atom is -0.353 e. The number of thiazole rings is 1. The Balaban J connectivity index is 1.19. The SMILES string of the molecule is O=C(c1csc(-c2cc3ccccc3[nH]2)n1)N1CCN(CCc2ccccc2)CC1. The molecule has 2 aromatic carbocycles. The van der Waals surface area contributed by atoms with E-state index in [1.165, 1.54) is 16.9 Å². The minimum absolute atomic E-state index is 0.0383. The molecule has 1 saturated heterocycles. The Morgan fingerprint density at radius 1 is 1.00 bits per heavy atom. The molecule has 1 N–H and O–H groups in total. The Morgan fingerprint density at radius 3 is 2.57 bits per heavy atom. The molecule has 152 valence electrons. The van der Waals surface area contributed by atoms with Crippen molar-refractivity contribution in [2.24, 2.45) is 0 Å². The van der Waals surface area contributed by atoms with Crippen molar-refractivity contribution in [3.05, 3.63) is 77.3 Å². The van der Waals surface area contributed by atoms with E-state index in [0.717, 1.165) is 60.7 Å². The fraction of sp³-hybridized carbons (Fsp3) is 0.250. The third-order valence-electron chi connectivity index (χ3n) is 5.70. The smallest absolute Gasteiger partial charge is 0.273 e. The van der Waals surface area contributed by atoms with E-state index >= 15 is 0 Å². The molecule has 6 heteroatoms. The maximum Gasteiger partial charge on any atom is 0.273 e. The molecule has 1 amide bonds. The minimum atomic E-state index is 0.0383. The molecule has 0 saturated carbocycles. The second-order valence-electron chi connectivity index (χ2n) is 7.68. The highest BCUT2D eigenvalue weighted by Crippen LogP contribution is 2.27. The first-order chi connectivity index (χ1) is 14.8. The Bertz CT molecular complexity index is 1110. The van der Waals surface area contributed by atoms with Gasteiger partial charge in [0.15, 0.2) is 0 Å². The number of aromatic nitrogens is 2. The van der Waals surface area contributed by atoms with E-state index < -0.39 is 0 Å². The van der Waals surface area contributed by atoms with Gasteiger partial charge in [0.1, 0.15) is 10.7 Å². The number of nitrogens with one attached hydrogen (secondary N) is 1. The summed E-state index contributed by atoms with van der Waals surface area (Å²) in [5.74, 6) is 0.0383. The molecule has 0 radical (unpaired) electrons. The molecule has 5 rings (SSSR count). The molecular formula is C24H24N4OS. The fourth-order valence-electron chi connectivity index (χ4n) is 3.95. The summed E-state index contributed by atoms with van der Waals surface area (Å²) in [6.07, 6.45) is 1.05. The highest BCUT2D eigenvalue weighted by atomic mass is 32.1. The lowest BCUT2D eigenvalue weighted by Gasteiger charge is -2.34. The molecule has 0 aliphatic carbocycles. The van der Waals surface area contributed by atoms with E-state index in [0.29, 0.717) is 5.69 Å². The second kappa shape index (κ2) is 8.42. The molecule has 0 atom stereocenters. The van der Waals surface area contributed by atoms with Crippen LogP contribution < -0.4 is 0 Å². The molecule has 1 fully saturated rings. The van der Waals surface area contributed by atoms with Gasteiger partial charge in [-0.3, -0.25) is 9.69 Å². The molecular weight excluding hydrogens is 392 g/mol. The molecule has 1 aliphatic heterocycles. The number of nitrogens with zero attached hydrogens (tertiary/aromatic N) is 3. The van der Waals surface area contributed by atoms with Crippen LogP contribution in [0.25, 0.3) is 21.6 Å². The number of hydrogen-bond acceptors (Lipinski definition) is 4. The summed E-state index contributed by atoms with van der Waals surface area (Å²) in [7, 11) is 0. The van der Waals surface area contributed by atoms with E-state index in [-0.39, 0.29) is 5.91 Å². The largest absolute Gasteiger partial charge is 0.353 e. The quantitative estimate of drug-likeness (QED) is 0.528. The van der Waals surface area contributed by atoms with Crippen LogP contribution in [0.15, 0.2) is 66.0 Å². The molecule has 2 aromatic heterocycles. The van der Waals surface area contributed by atoms with Gasteiger partial charge in [0.05, 0.1) is 5.69 Å². The van der Waals surface area contributed by atoms with Crippen LogP contribution in [-0.4, -0.2) is 58.4 Å². The zero-order valence-electron chi connectivity index (χ0n) is 16.8. The summed E-state index contributed by atoms with van der Waals surface area (Å²) in [6, 6.07) is 20.8. The maximum absolute atomic E-state index is 12.9. The Hall–Kier alpha value is -2.96. The van der Waals surface area contributed by atoms with Gasteiger partial charge >= 0.3 is 0 Å². The third-order valence-corrected chi connectivity index (χ3v) is 6.58. The van der Waals surface area contributed by atoms with Crippen molar-refractivity contribution in [1.29, 1.82) is 0 Å². The number of aromatic amines is 1. The first-order valence-electron chi connectivity index (χ1n) is 10.4. The van der Waals surface area contributed by atoms with Gasteiger partial charge in [0.25, 0.3) is 5.91 Å². The molecule has 4 aromatic rings. The van der Waals surface area contributed by atoms with Gasteiger partial charge in [-0.15, -0.1) is 11.3 Å². The average molecular weight is 417 g/mol. The van der Waals surface area contributed by atoms with Crippen molar-refractivity contribution < 1.29 is 4.79 Å². The summed E-state index contributed by atoms with van der Waals surface area (Å²) < 4.78 is 0. The number of rotatable bonds is 5. The highest BCUT2D eigenvalue weighted by Gasteiger charge is 2.24. The molecule has 1 aliphatic rings. The van der Waals surface area contributed by atoms with Gasteiger partial charge in [0.2, 0.25) is 0 Å². The van der Waals surface area contributed by atoms with Gasteiger partial charge < -0.3 is 9.88 Å². The van der Waals surface area contributed by atoms with E-state index in [4.69, 9.17) is 0 Å². The van der Waals surface area contributed by atoms with Crippen LogP contribution >= 0.6 is 11.3 Å². The van der Waals surface area contributed by atoms with E-state index in [1.807, 2.05) is 22.4 Å². The lowest BCUT2D eigenvalue weighted by atomic mass is 10.1. The van der Waals surface area contributed by atoms with Crippen LogP contribution in [0, 0.1) is 0 Å². The number of carbonyl (C=O) groups is 1. The lowest BCUT2D eigenvalue weighted by Crippen LogP contribution is -2.49. The number of amides is 1. The number of carbonyl (C=O) groups excluding carboxylic acids is 1. The number of fused-ring (bicyclic) bond motifs is 1. The topological polar surface area (TPSA) is 52.2 Å². The number of piperazine rings is 1. The normalized spacial score (nSPS) is 15.0. The van der Waals surface area contributed by atoms with Crippen LogP contribution in [0.4, 0.5) is 0 Å². The second-order valence-corrected chi connectivity index (χ2v) is 8.54. The predicted molar refractivity (Wildman–Crippen MR) is 122 cm³/mol. The average Bonchev–Trinajstić information content (AvgIpc) is 3.45. The first-order valence-corrected chi connectivity index (χ1v) is 11.2. The van der Waals surface area contributed by atoms with Crippen LogP contribution in [-0.2, 0) is 6.42 Å². The Morgan fingerprint density at radius 2 is 1.77 bits per heavy atom. The molecule has 3 heterocycles. The van der Waals surface area contributed by atoms with Crippen molar-refractivity contribution in [2.45, 2.75) is 6.42 Å². The van der Waals surface area contributed by atoms with Crippen molar-refractivity contribution >= 4 is 28.1 Å². The van der Waals surface area contributed by atoms with Gasteiger partial charge in [-0.2, -0.15) is 0 Å². The van der Waals surface area contributed by atoms with E-state index in [1.54, 1.807) is 0 Å². The van der Waals surface area contributed by atoms with Gasteiger partial charge in [0, 0.05) is 49.0 Å². The predicted octanol–water partition coefficient (Wildman–Crippen LogP) is 4.29. The third kappa shape index (κ3) is 4.01. The monoisotopic (exact) mass is 416 g/mol. The number of hydrogen-bond donors (Lipinski definition) is 1. The molecule has 0 unspecified atom stereocenters. The lowest BCUT2D eigenvalue weighted by molar-refractivity contribution is 0.0633.